The van der Waals surface area contributed by atoms with Crippen LogP contribution in [-0.4, -0.2) is 36.9 Å². The van der Waals surface area contributed by atoms with Crippen LogP contribution in [0.3, 0.4) is 0 Å². The fourth-order valence-electron chi connectivity index (χ4n) is 3.14. The summed E-state index contributed by atoms with van der Waals surface area (Å²) in [6, 6.07) is 14.7. The van der Waals surface area contributed by atoms with Gasteiger partial charge in [0.05, 0.1) is 31.1 Å². The number of fused-ring (bicyclic) bond motifs is 1. The van der Waals surface area contributed by atoms with Crippen molar-refractivity contribution < 1.29 is 19.1 Å². The molecule has 7 heteroatoms. The van der Waals surface area contributed by atoms with Gasteiger partial charge in [-0.15, -0.1) is 0 Å². The second kappa shape index (κ2) is 7.56. The number of methoxy groups -OCH3 is 2. The fourth-order valence-corrected chi connectivity index (χ4v) is 3.14. The summed E-state index contributed by atoms with van der Waals surface area (Å²) in [5.74, 6) is 1.05. The van der Waals surface area contributed by atoms with Crippen LogP contribution in [0.15, 0.2) is 59.9 Å². The molecule has 7 nitrogen and oxygen atoms in total. The van der Waals surface area contributed by atoms with Crippen LogP contribution in [0.2, 0.25) is 0 Å². The Balaban J connectivity index is 1.52. The first-order valence-electron chi connectivity index (χ1n) is 8.79. The van der Waals surface area contributed by atoms with Crippen LogP contribution in [0.1, 0.15) is 12.0 Å². The van der Waals surface area contributed by atoms with Crippen LogP contribution < -0.4 is 14.8 Å². The van der Waals surface area contributed by atoms with Gasteiger partial charge in [0.25, 0.3) is 5.91 Å². The molecule has 2 heterocycles. The molecule has 0 saturated carbocycles. The second-order valence-corrected chi connectivity index (χ2v) is 6.27. The molecule has 1 N–H and O–H groups in total. The van der Waals surface area contributed by atoms with Gasteiger partial charge in [0.1, 0.15) is 11.5 Å². The molecular formula is C21H19N3O4. The molecule has 0 spiro atoms. The number of nitrogens with zero attached hydrogens (tertiary/aromatic N) is 2. The Kier molecular flexibility index (Phi) is 4.80. The van der Waals surface area contributed by atoms with E-state index in [1.807, 2.05) is 36.4 Å². The zero-order chi connectivity index (χ0) is 19.5. The van der Waals surface area contributed by atoms with Crippen molar-refractivity contribution in [1.29, 1.82) is 0 Å². The molecule has 1 atom stereocenters. The van der Waals surface area contributed by atoms with Gasteiger partial charge in [-0.05, 0) is 42.5 Å². The molecule has 1 aliphatic heterocycles. The SMILES string of the molecule is COc1ccc(OC)c(C2=NO[C@H](C(=O)Nc3cccc4ncccc34)C2)c1. The Hall–Kier alpha value is -3.61. The van der Waals surface area contributed by atoms with Gasteiger partial charge in [0.2, 0.25) is 6.10 Å². The Morgan fingerprint density at radius 3 is 2.86 bits per heavy atom. The van der Waals surface area contributed by atoms with E-state index < -0.39 is 6.10 Å². The summed E-state index contributed by atoms with van der Waals surface area (Å²) in [7, 11) is 3.17. The predicted octanol–water partition coefficient (Wildman–Crippen LogP) is 3.38. The van der Waals surface area contributed by atoms with E-state index >= 15 is 0 Å². The molecular weight excluding hydrogens is 358 g/mol. The maximum absolute atomic E-state index is 12.7. The summed E-state index contributed by atoms with van der Waals surface area (Å²) >= 11 is 0. The summed E-state index contributed by atoms with van der Waals surface area (Å²) in [6.07, 6.45) is 1.33. The topological polar surface area (TPSA) is 82.0 Å². The van der Waals surface area contributed by atoms with Crippen molar-refractivity contribution >= 4 is 28.2 Å². The number of carbonyl (C=O) groups excluding carboxylic acids is 1. The van der Waals surface area contributed by atoms with Crippen LogP contribution in [0.25, 0.3) is 10.9 Å². The molecule has 28 heavy (non-hydrogen) atoms. The van der Waals surface area contributed by atoms with E-state index in [9.17, 15) is 4.79 Å². The van der Waals surface area contributed by atoms with Gasteiger partial charge >= 0.3 is 0 Å². The highest BCUT2D eigenvalue weighted by Gasteiger charge is 2.30. The van der Waals surface area contributed by atoms with Gasteiger partial charge in [-0.2, -0.15) is 0 Å². The molecule has 0 fully saturated rings. The van der Waals surface area contributed by atoms with Crippen molar-refractivity contribution in [2.24, 2.45) is 5.16 Å². The lowest BCUT2D eigenvalue weighted by atomic mass is 10.0. The van der Waals surface area contributed by atoms with Crippen molar-refractivity contribution in [1.82, 2.24) is 4.98 Å². The first kappa shape index (κ1) is 17.8. The molecule has 4 rings (SSSR count). The summed E-state index contributed by atoms with van der Waals surface area (Å²) in [6.45, 7) is 0. The van der Waals surface area contributed by atoms with Crippen molar-refractivity contribution in [3.63, 3.8) is 0 Å². The first-order chi connectivity index (χ1) is 13.7. The van der Waals surface area contributed by atoms with Gasteiger partial charge < -0.3 is 19.6 Å². The van der Waals surface area contributed by atoms with Crippen molar-refractivity contribution in [3.05, 3.63) is 60.3 Å². The van der Waals surface area contributed by atoms with E-state index in [0.29, 0.717) is 29.3 Å². The van der Waals surface area contributed by atoms with E-state index in [4.69, 9.17) is 14.3 Å². The third-order valence-corrected chi connectivity index (χ3v) is 4.58. The van der Waals surface area contributed by atoms with E-state index in [0.717, 1.165) is 16.5 Å². The van der Waals surface area contributed by atoms with Crippen LogP contribution in [0.5, 0.6) is 11.5 Å². The first-order valence-corrected chi connectivity index (χ1v) is 8.79. The molecule has 1 aliphatic rings. The molecule has 2 aromatic carbocycles. The highest BCUT2D eigenvalue weighted by Crippen LogP contribution is 2.29. The van der Waals surface area contributed by atoms with Gasteiger partial charge in [0.15, 0.2) is 0 Å². The second-order valence-electron chi connectivity index (χ2n) is 6.27. The minimum atomic E-state index is -0.724. The largest absolute Gasteiger partial charge is 0.497 e. The van der Waals surface area contributed by atoms with Crippen LogP contribution in [-0.2, 0) is 9.63 Å². The molecule has 0 saturated heterocycles. The number of ether oxygens (including phenoxy) is 2. The Morgan fingerprint density at radius 1 is 1.14 bits per heavy atom. The van der Waals surface area contributed by atoms with E-state index in [2.05, 4.69) is 15.5 Å². The smallest absolute Gasteiger partial charge is 0.268 e. The highest BCUT2D eigenvalue weighted by molar-refractivity contribution is 6.09. The quantitative estimate of drug-likeness (QED) is 0.737. The molecule has 1 amide bonds. The van der Waals surface area contributed by atoms with Crippen molar-refractivity contribution in [2.45, 2.75) is 12.5 Å². The van der Waals surface area contributed by atoms with Gasteiger partial charge in [0, 0.05) is 23.6 Å². The number of aromatic nitrogens is 1. The molecule has 142 valence electrons. The molecule has 0 bridgehead atoms. The Morgan fingerprint density at radius 2 is 2.04 bits per heavy atom. The van der Waals surface area contributed by atoms with Crippen LogP contribution in [0.4, 0.5) is 5.69 Å². The number of amides is 1. The summed E-state index contributed by atoms with van der Waals surface area (Å²) in [5.41, 5.74) is 2.87. The van der Waals surface area contributed by atoms with Crippen molar-refractivity contribution in [2.75, 3.05) is 19.5 Å². The molecule has 0 radical (unpaired) electrons. The average Bonchev–Trinajstić information content (AvgIpc) is 3.24. The normalized spacial score (nSPS) is 15.6. The third-order valence-electron chi connectivity index (χ3n) is 4.58. The number of oxime groups is 1. The van der Waals surface area contributed by atoms with Crippen LogP contribution >= 0.6 is 0 Å². The summed E-state index contributed by atoms with van der Waals surface area (Å²) in [5, 5.41) is 7.89. The maximum Gasteiger partial charge on any atom is 0.268 e. The minimum absolute atomic E-state index is 0.267. The molecule has 3 aromatic rings. The Labute approximate surface area is 161 Å². The average molecular weight is 377 g/mol. The number of hydrogen-bond acceptors (Lipinski definition) is 6. The van der Waals surface area contributed by atoms with E-state index in [-0.39, 0.29) is 5.91 Å². The lowest BCUT2D eigenvalue weighted by molar-refractivity contribution is -0.125. The number of hydrogen-bond donors (Lipinski definition) is 1. The van der Waals surface area contributed by atoms with E-state index in [1.165, 1.54) is 0 Å². The summed E-state index contributed by atoms with van der Waals surface area (Å²) in [4.78, 5) is 22.4. The number of benzene rings is 2. The fraction of sp³-hybridized carbons (Fsp3) is 0.190. The predicted molar refractivity (Wildman–Crippen MR) is 106 cm³/mol. The van der Waals surface area contributed by atoms with Gasteiger partial charge in [-0.3, -0.25) is 9.78 Å². The lowest BCUT2D eigenvalue weighted by Crippen LogP contribution is -2.28. The number of carbonyl (C=O) groups is 1. The number of anilines is 1. The zero-order valence-corrected chi connectivity index (χ0v) is 15.5. The summed E-state index contributed by atoms with van der Waals surface area (Å²) < 4.78 is 10.7. The minimum Gasteiger partial charge on any atom is -0.497 e. The van der Waals surface area contributed by atoms with Crippen LogP contribution in [0, 0.1) is 0 Å². The van der Waals surface area contributed by atoms with Crippen molar-refractivity contribution in [3.8, 4) is 11.5 Å². The standard InChI is InChI=1S/C21H19N3O4/c1-26-13-8-9-19(27-2)15(11-13)18-12-20(28-24-18)21(25)23-17-7-3-6-16-14(17)5-4-10-22-16/h3-11,20H,12H2,1-2H3,(H,23,25)/t20-/m0/s1. The number of pyridine rings is 1. The molecule has 1 aromatic heterocycles. The lowest BCUT2D eigenvalue weighted by Gasteiger charge is -2.12. The van der Waals surface area contributed by atoms with E-state index in [1.54, 1.807) is 32.5 Å². The number of nitrogens with one attached hydrogen (secondary N) is 1. The number of rotatable bonds is 5. The third kappa shape index (κ3) is 3.34. The Bertz CT molecular complexity index is 1060. The highest BCUT2D eigenvalue weighted by atomic mass is 16.6. The monoisotopic (exact) mass is 377 g/mol. The molecule has 0 aliphatic carbocycles. The van der Waals surface area contributed by atoms with Gasteiger partial charge in [-0.25, -0.2) is 0 Å². The maximum atomic E-state index is 12.7. The molecule has 0 unspecified atom stereocenters. The zero-order valence-electron chi connectivity index (χ0n) is 15.5. The van der Waals surface area contributed by atoms with Gasteiger partial charge in [-0.1, -0.05) is 11.2 Å².